The Bertz CT molecular complexity index is 1140. The highest BCUT2D eigenvalue weighted by molar-refractivity contribution is 7.88. The standard InChI is InChI=1S/C19H23FN4O5S/c1-19(2)18-22-14(10-15(25)21-11-12-4-6-13(20)7-5-12)16(26)17(27)23(18)8-9-24(19)30(3,28)29/h4-7,26H,8-11H2,1-3H3,(H,21,25). The molecule has 11 heteroatoms. The number of hydrogen-bond acceptors (Lipinski definition) is 6. The number of sulfonamides is 1. The van der Waals surface area contributed by atoms with E-state index in [9.17, 15) is 27.5 Å². The summed E-state index contributed by atoms with van der Waals surface area (Å²) in [6, 6.07) is 5.60. The van der Waals surface area contributed by atoms with Crippen LogP contribution in [-0.2, 0) is 39.9 Å². The van der Waals surface area contributed by atoms with Gasteiger partial charge in [-0.05, 0) is 31.5 Å². The maximum absolute atomic E-state index is 13.0. The van der Waals surface area contributed by atoms with Crippen LogP contribution >= 0.6 is 0 Å². The number of nitrogens with zero attached hydrogens (tertiary/aromatic N) is 3. The molecule has 1 amide bonds. The van der Waals surface area contributed by atoms with E-state index in [2.05, 4.69) is 10.3 Å². The molecule has 1 aromatic carbocycles. The molecule has 0 spiro atoms. The fourth-order valence-electron chi connectivity index (χ4n) is 3.57. The summed E-state index contributed by atoms with van der Waals surface area (Å²) in [5, 5.41) is 12.9. The third-order valence-electron chi connectivity index (χ3n) is 5.05. The molecule has 9 nitrogen and oxygen atoms in total. The molecule has 3 rings (SSSR count). The quantitative estimate of drug-likeness (QED) is 0.699. The van der Waals surface area contributed by atoms with Gasteiger partial charge in [-0.3, -0.25) is 14.2 Å². The van der Waals surface area contributed by atoms with Gasteiger partial charge >= 0.3 is 0 Å². The number of nitrogens with one attached hydrogen (secondary N) is 1. The minimum atomic E-state index is -3.57. The predicted octanol–water partition coefficient (Wildman–Crippen LogP) is 0.457. The minimum Gasteiger partial charge on any atom is -0.502 e. The van der Waals surface area contributed by atoms with Crippen LogP contribution in [0.25, 0.3) is 0 Å². The molecule has 0 saturated carbocycles. The largest absolute Gasteiger partial charge is 0.502 e. The molecular weight excluding hydrogens is 415 g/mol. The van der Waals surface area contributed by atoms with Gasteiger partial charge in [0.1, 0.15) is 11.6 Å². The smallest absolute Gasteiger partial charge is 0.296 e. The summed E-state index contributed by atoms with van der Waals surface area (Å²) < 4.78 is 39.7. The van der Waals surface area contributed by atoms with Crippen LogP contribution < -0.4 is 10.9 Å². The molecule has 2 heterocycles. The summed E-state index contributed by atoms with van der Waals surface area (Å²) in [6.07, 6.45) is 0.706. The first-order valence-electron chi connectivity index (χ1n) is 9.23. The normalized spacial score (nSPS) is 16.1. The topological polar surface area (TPSA) is 122 Å². The van der Waals surface area contributed by atoms with E-state index in [0.717, 1.165) is 6.26 Å². The number of aromatic hydroxyl groups is 1. The lowest BCUT2D eigenvalue weighted by Gasteiger charge is -2.41. The van der Waals surface area contributed by atoms with E-state index in [-0.39, 0.29) is 43.4 Å². The number of rotatable bonds is 5. The van der Waals surface area contributed by atoms with Crippen LogP contribution in [0.5, 0.6) is 5.75 Å². The molecule has 1 aliphatic heterocycles. The highest BCUT2D eigenvalue weighted by atomic mass is 32.2. The molecule has 0 saturated heterocycles. The monoisotopic (exact) mass is 438 g/mol. The number of carbonyl (C=O) groups excluding carboxylic acids is 1. The van der Waals surface area contributed by atoms with Crippen molar-refractivity contribution in [2.45, 2.75) is 38.9 Å². The van der Waals surface area contributed by atoms with Crippen molar-refractivity contribution in [3.05, 3.63) is 57.5 Å². The van der Waals surface area contributed by atoms with Gasteiger partial charge in [0.25, 0.3) is 5.56 Å². The summed E-state index contributed by atoms with van der Waals surface area (Å²) in [6.45, 7) is 3.47. The second kappa shape index (κ2) is 7.80. The van der Waals surface area contributed by atoms with E-state index in [4.69, 9.17) is 0 Å². The molecule has 2 aromatic rings. The maximum Gasteiger partial charge on any atom is 0.296 e. The van der Waals surface area contributed by atoms with Crippen molar-refractivity contribution in [2.24, 2.45) is 0 Å². The Morgan fingerprint density at radius 1 is 1.27 bits per heavy atom. The molecule has 0 bridgehead atoms. The van der Waals surface area contributed by atoms with Gasteiger partial charge in [-0.25, -0.2) is 17.8 Å². The average molecular weight is 438 g/mol. The molecule has 162 valence electrons. The lowest BCUT2D eigenvalue weighted by atomic mass is 10.0. The van der Waals surface area contributed by atoms with Crippen molar-refractivity contribution in [3.8, 4) is 5.75 Å². The zero-order chi connectivity index (χ0) is 22.3. The van der Waals surface area contributed by atoms with Crippen LogP contribution in [0.2, 0.25) is 0 Å². The highest BCUT2D eigenvalue weighted by Crippen LogP contribution is 2.32. The van der Waals surface area contributed by atoms with Crippen molar-refractivity contribution in [1.29, 1.82) is 0 Å². The van der Waals surface area contributed by atoms with Crippen LogP contribution in [0, 0.1) is 5.82 Å². The number of benzene rings is 1. The summed E-state index contributed by atoms with van der Waals surface area (Å²) >= 11 is 0. The summed E-state index contributed by atoms with van der Waals surface area (Å²) in [7, 11) is -3.57. The van der Waals surface area contributed by atoms with Crippen LogP contribution in [0.3, 0.4) is 0 Å². The third-order valence-corrected chi connectivity index (χ3v) is 6.49. The van der Waals surface area contributed by atoms with Gasteiger partial charge in [0.05, 0.1) is 23.9 Å². The molecule has 0 radical (unpaired) electrons. The Kier molecular flexibility index (Phi) is 5.70. The third kappa shape index (κ3) is 4.21. The molecule has 30 heavy (non-hydrogen) atoms. The van der Waals surface area contributed by atoms with Crippen molar-refractivity contribution < 1.29 is 22.7 Å². The van der Waals surface area contributed by atoms with Crippen molar-refractivity contribution in [3.63, 3.8) is 0 Å². The zero-order valence-corrected chi connectivity index (χ0v) is 17.7. The molecule has 0 unspecified atom stereocenters. The molecule has 1 aromatic heterocycles. The Hall–Kier alpha value is -2.79. The number of carbonyl (C=O) groups is 1. The van der Waals surface area contributed by atoms with Crippen molar-refractivity contribution in [1.82, 2.24) is 19.2 Å². The molecule has 2 N–H and O–H groups in total. The molecule has 0 atom stereocenters. The number of amides is 1. The maximum atomic E-state index is 13.0. The number of fused-ring (bicyclic) bond motifs is 1. The summed E-state index contributed by atoms with van der Waals surface area (Å²) in [4.78, 5) is 29.2. The fraction of sp³-hybridized carbons (Fsp3) is 0.421. The van der Waals surface area contributed by atoms with Gasteiger partial charge in [-0.1, -0.05) is 12.1 Å². The zero-order valence-electron chi connectivity index (χ0n) is 16.8. The highest BCUT2D eigenvalue weighted by Gasteiger charge is 2.42. The molecule has 1 aliphatic rings. The summed E-state index contributed by atoms with van der Waals surface area (Å²) in [5.41, 5.74) is -1.32. The van der Waals surface area contributed by atoms with E-state index in [1.54, 1.807) is 13.8 Å². The van der Waals surface area contributed by atoms with E-state index >= 15 is 0 Å². The number of halogens is 1. The van der Waals surface area contributed by atoms with Gasteiger partial charge in [0.2, 0.25) is 21.7 Å². The molecule has 0 aliphatic carbocycles. The van der Waals surface area contributed by atoms with Gasteiger partial charge < -0.3 is 10.4 Å². The van der Waals surface area contributed by atoms with Crippen LogP contribution in [0.1, 0.15) is 30.9 Å². The predicted molar refractivity (Wildman–Crippen MR) is 107 cm³/mol. The Balaban J connectivity index is 1.86. The Morgan fingerprint density at radius 3 is 2.50 bits per heavy atom. The van der Waals surface area contributed by atoms with Gasteiger partial charge in [0, 0.05) is 19.6 Å². The van der Waals surface area contributed by atoms with Crippen LogP contribution in [0.4, 0.5) is 4.39 Å². The first kappa shape index (κ1) is 21.9. The van der Waals surface area contributed by atoms with Crippen molar-refractivity contribution >= 4 is 15.9 Å². The van der Waals surface area contributed by atoms with Gasteiger partial charge in [0.15, 0.2) is 0 Å². The number of aromatic nitrogens is 2. The second-order valence-corrected chi connectivity index (χ2v) is 9.57. The SMILES string of the molecule is CC1(C)c2nc(CC(=O)NCc3ccc(F)cc3)c(O)c(=O)n2CCN1S(C)(=O)=O. The Labute approximate surface area is 173 Å². The molecule has 0 fully saturated rings. The first-order chi connectivity index (χ1) is 13.9. The van der Waals surface area contributed by atoms with E-state index in [0.29, 0.717) is 5.56 Å². The summed E-state index contributed by atoms with van der Waals surface area (Å²) in [5.74, 6) is -1.37. The Morgan fingerprint density at radius 2 is 1.90 bits per heavy atom. The van der Waals surface area contributed by atoms with E-state index in [1.165, 1.54) is 33.1 Å². The first-order valence-corrected chi connectivity index (χ1v) is 11.1. The number of hydrogen-bond donors (Lipinski definition) is 2. The lowest BCUT2D eigenvalue weighted by Crippen LogP contribution is -2.54. The average Bonchev–Trinajstić information content (AvgIpc) is 2.65. The van der Waals surface area contributed by atoms with Gasteiger partial charge in [-0.2, -0.15) is 4.31 Å². The lowest BCUT2D eigenvalue weighted by molar-refractivity contribution is -0.120. The van der Waals surface area contributed by atoms with E-state index < -0.39 is 32.8 Å². The van der Waals surface area contributed by atoms with E-state index in [1.807, 2.05) is 0 Å². The molecular formula is C19H23FN4O5S. The van der Waals surface area contributed by atoms with Crippen LogP contribution in [-0.4, -0.2) is 46.1 Å². The fourth-order valence-corrected chi connectivity index (χ4v) is 4.89. The second-order valence-electron chi connectivity index (χ2n) is 7.66. The van der Waals surface area contributed by atoms with Crippen LogP contribution in [0.15, 0.2) is 29.1 Å². The van der Waals surface area contributed by atoms with Crippen molar-refractivity contribution in [2.75, 3.05) is 12.8 Å². The van der Waals surface area contributed by atoms with Gasteiger partial charge in [-0.15, -0.1) is 0 Å². The minimum absolute atomic E-state index is 0.0439.